The number of nitrogens with zero attached hydrogens (tertiary/aromatic N) is 3. The number of halogens is 3. The molecule has 0 spiro atoms. The van der Waals surface area contributed by atoms with E-state index in [-0.39, 0.29) is 17.5 Å². The monoisotopic (exact) mass is 305 g/mol. The molecule has 0 unspecified atom stereocenters. The van der Waals surface area contributed by atoms with Crippen LogP contribution in [0.1, 0.15) is 37.6 Å². The minimum Gasteiger partial charge on any atom is -0.341 e. The first kappa shape index (κ1) is 15.2. The van der Waals surface area contributed by atoms with Crippen LogP contribution in [0.25, 0.3) is 0 Å². The number of carbonyl (C=O) groups is 1. The van der Waals surface area contributed by atoms with Crippen LogP contribution in [0.2, 0.25) is 5.02 Å². The number of amides is 1. The lowest BCUT2D eigenvalue weighted by atomic mass is 10.0. The zero-order valence-corrected chi connectivity index (χ0v) is 12.3. The summed E-state index contributed by atoms with van der Waals surface area (Å²) >= 11 is 5.81. The number of piperidine rings is 1. The van der Waals surface area contributed by atoms with Crippen molar-refractivity contribution in [2.24, 2.45) is 5.92 Å². The largest absolute Gasteiger partial charge is 0.341 e. The van der Waals surface area contributed by atoms with Gasteiger partial charge in [0, 0.05) is 13.1 Å². The maximum atomic E-state index is 12.7. The summed E-state index contributed by atoms with van der Waals surface area (Å²) in [4.78, 5) is 14.0. The van der Waals surface area contributed by atoms with Crippen LogP contribution in [-0.2, 0) is 11.3 Å². The molecule has 0 saturated carbocycles. The number of carbonyl (C=O) groups excluding carboxylic acids is 1. The van der Waals surface area contributed by atoms with Crippen molar-refractivity contribution in [1.82, 2.24) is 14.7 Å². The second-order valence-electron chi connectivity index (χ2n) is 5.33. The fraction of sp³-hybridized carbons (Fsp3) is 0.692. The highest BCUT2D eigenvalue weighted by Crippen LogP contribution is 2.28. The molecule has 1 amide bonds. The minimum atomic E-state index is -2.73. The number of alkyl halides is 2. The summed E-state index contributed by atoms with van der Waals surface area (Å²) in [5, 5.41) is 3.69. The Kier molecular flexibility index (Phi) is 4.62. The highest BCUT2D eigenvalue weighted by molar-refractivity contribution is 6.31. The third-order valence-electron chi connectivity index (χ3n) is 3.66. The summed E-state index contributed by atoms with van der Waals surface area (Å²) in [7, 11) is 0. The molecule has 0 N–H and O–H groups in total. The third kappa shape index (κ3) is 3.11. The summed E-state index contributed by atoms with van der Waals surface area (Å²) in [6, 6.07) is 0. The van der Waals surface area contributed by atoms with Crippen molar-refractivity contribution in [3.8, 4) is 0 Å². The molecule has 112 valence electrons. The van der Waals surface area contributed by atoms with E-state index in [1.165, 1.54) is 4.68 Å². The van der Waals surface area contributed by atoms with Gasteiger partial charge in [0.15, 0.2) is 0 Å². The Bertz CT molecular complexity index is 504. The first-order valence-electron chi connectivity index (χ1n) is 6.69. The van der Waals surface area contributed by atoms with E-state index >= 15 is 0 Å². The zero-order valence-electron chi connectivity index (χ0n) is 11.6. The molecule has 7 heteroatoms. The molecule has 0 radical (unpaired) electrons. The van der Waals surface area contributed by atoms with E-state index < -0.39 is 12.1 Å². The summed E-state index contributed by atoms with van der Waals surface area (Å²) in [6.07, 6.45) is -0.632. The molecule has 2 heterocycles. The molecule has 1 atom stereocenters. The van der Waals surface area contributed by atoms with Crippen LogP contribution in [0.15, 0.2) is 0 Å². The van der Waals surface area contributed by atoms with Crippen LogP contribution >= 0.6 is 11.6 Å². The predicted molar refractivity (Wildman–Crippen MR) is 71.9 cm³/mol. The fourth-order valence-corrected chi connectivity index (χ4v) is 2.70. The second kappa shape index (κ2) is 6.08. The van der Waals surface area contributed by atoms with E-state index in [0.717, 1.165) is 19.4 Å². The lowest BCUT2D eigenvalue weighted by Gasteiger charge is -2.31. The lowest BCUT2D eigenvalue weighted by Crippen LogP contribution is -2.41. The number of likely N-dealkylation sites (tertiary alicyclic amines) is 1. The molecule has 0 aliphatic carbocycles. The average molecular weight is 306 g/mol. The summed E-state index contributed by atoms with van der Waals surface area (Å²) < 4.78 is 26.7. The van der Waals surface area contributed by atoms with Crippen LogP contribution in [-0.4, -0.2) is 33.7 Å². The van der Waals surface area contributed by atoms with Crippen LogP contribution in [0.3, 0.4) is 0 Å². The van der Waals surface area contributed by atoms with Crippen molar-refractivity contribution in [3.63, 3.8) is 0 Å². The van der Waals surface area contributed by atoms with Gasteiger partial charge in [-0.3, -0.25) is 9.48 Å². The molecule has 4 nitrogen and oxygen atoms in total. The van der Waals surface area contributed by atoms with Crippen molar-refractivity contribution in [3.05, 3.63) is 16.4 Å². The van der Waals surface area contributed by atoms with Gasteiger partial charge < -0.3 is 4.90 Å². The molecule has 1 aliphatic heterocycles. The Hall–Kier alpha value is -1.17. The van der Waals surface area contributed by atoms with Crippen molar-refractivity contribution >= 4 is 17.5 Å². The minimum absolute atomic E-state index is 0.0367. The predicted octanol–water partition coefficient (Wildman–Crippen LogP) is 3.04. The normalized spacial score (nSPS) is 19.7. The van der Waals surface area contributed by atoms with Crippen LogP contribution in [0, 0.1) is 12.8 Å². The van der Waals surface area contributed by atoms with Crippen molar-refractivity contribution in [1.29, 1.82) is 0 Å². The standard InChI is InChI=1S/C13H18ClF2N3O/c1-8-4-3-5-18(6-8)10(20)7-19-9(2)11(14)12(17-19)13(15)16/h8,13H,3-7H2,1-2H3/t8-/m1/s1. The molecule has 1 saturated heterocycles. The van der Waals surface area contributed by atoms with Crippen molar-refractivity contribution < 1.29 is 13.6 Å². The number of aromatic nitrogens is 2. The Morgan fingerprint density at radius 2 is 2.25 bits per heavy atom. The smallest absolute Gasteiger partial charge is 0.283 e. The van der Waals surface area contributed by atoms with Gasteiger partial charge >= 0.3 is 0 Å². The quantitative estimate of drug-likeness (QED) is 0.861. The van der Waals surface area contributed by atoms with E-state index in [9.17, 15) is 13.6 Å². The summed E-state index contributed by atoms with van der Waals surface area (Å²) in [6.45, 7) is 5.09. The van der Waals surface area contributed by atoms with E-state index in [4.69, 9.17) is 11.6 Å². The van der Waals surface area contributed by atoms with E-state index in [2.05, 4.69) is 12.0 Å². The molecule has 0 bridgehead atoms. The van der Waals surface area contributed by atoms with Crippen molar-refractivity contribution in [2.45, 2.75) is 39.7 Å². The Labute approximate surface area is 121 Å². The molecule has 1 aliphatic rings. The molecule has 0 aromatic carbocycles. The first-order chi connectivity index (χ1) is 9.40. The van der Waals surface area contributed by atoms with Gasteiger partial charge in [0.05, 0.1) is 10.7 Å². The Morgan fingerprint density at radius 3 is 2.80 bits per heavy atom. The topological polar surface area (TPSA) is 38.1 Å². The SMILES string of the molecule is Cc1c(Cl)c(C(F)F)nn1CC(=O)N1CCC[C@@H](C)C1. The van der Waals surface area contributed by atoms with E-state index in [0.29, 0.717) is 18.2 Å². The second-order valence-corrected chi connectivity index (χ2v) is 5.71. The molecule has 1 aromatic heterocycles. The Morgan fingerprint density at radius 1 is 1.55 bits per heavy atom. The van der Waals surface area contributed by atoms with Gasteiger partial charge in [0.25, 0.3) is 6.43 Å². The molecular weight excluding hydrogens is 288 g/mol. The zero-order chi connectivity index (χ0) is 14.9. The number of rotatable bonds is 3. The van der Waals surface area contributed by atoms with Crippen LogP contribution < -0.4 is 0 Å². The first-order valence-corrected chi connectivity index (χ1v) is 7.06. The highest BCUT2D eigenvalue weighted by atomic mass is 35.5. The molecular formula is C13H18ClF2N3O. The molecule has 2 rings (SSSR count). The van der Waals surface area contributed by atoms with Gasteiger partial charge in [-0.1, -0.05) is 18.5 Å². The molecule has 20 heavy (non-hydrogen) atoms. The highest BCUT2D eigenvalue weighted by Gasteiger charge is 2.25. The van der Waals surface area contributed by atoms with Crippen LogP contribution in [0.4, 0.5) is 8.78 Å². The third-order valence-corrected chi connectivity index (χ3v) is 4.13. The van der Waals surface area contributed by atoms with Gasteiger partial charge in [0.1, 0.15) is 12.2 Å². The Balaban J connectivity index is 2.10. The van der Waals surface area contributed by atoms with Crippen molar-refractivity contribution in [2.75, 3.05) is 13.1 Å². The molecule has 1 aromatic rings. The van der Waals surface area contributed by atoms with Gasteiger partial charge in [-0.05, 0) is 25.7 Å². The summed E-state index contributed by atoms with van der Waals surface area (Å²) in [5.41, 5.74) is -0.0515. The van der Waals surface area contributed by atoms with E-state index in [1.807, 2.05) is 0 Å². The maximum Gasteiger partial charge on any atom is 0.283 e. The number of hydrogen-bond donors (Lipinski definition) is 0. The van der Waals surface area contributed by atoms with Gasteiger partial charge in [-0.15, -0.1) is 0 Å². The van der Waals surface area contributed by atoms with Gasteiger partial charge in [0.2, 0.25) is 5.91 Å². The van der Waals surface area contributed by atoms with Gasteiger partial charge in [-0.2, -0.15) is 5.10 Å². The average Bonchev–Trinajstić information content (AvgIpc) is 2.67. The lowest BCUT2D eigenvalue weighted by molar-refractivity contribution is -0.133. The van der Waals surface area contributed by atoms with Crippen LogP contribution in [0.5, 0.6) is 0 Å². The number of hydrogen-bond acceptors (Lipinski definition) is 2. The summed E-state index contributed by atoms with van der Waals surface area (Å²) in [5.74, 6) is 0.381. The fourth-order valence-electron chi connectivity index (χ4n) is 2.49. The van der Waals surface area contributed by atoms with Gasteiger partial charge in [-0.25, -0.2) is 8.78 Å². The maximum absolute atomic E-state index is 12.7. The molecule has 1 fully saturated rings. The van der Waals surface area contributed by atoms with E-state index in [1.54, 1.807) is 11.8 Å².